The Morgan fingerprint density at radius 3 is 3.09 bits per heavy atom. The molecule has 62 valence electrons. The Hall–Kier alpha value is -0.583. The van der Waals surface area contributed by atoms with Gasteiger partial charge in [0.2, 0.25) is 6.29 Å². The topological polar surface area (TPSA) is 27.7 Å². The molecule has 0 bridgehead atoms. The summed E-state index contributed by atoms with van der Waals surface area (Å²) >= 11 is 0. The molecule has 0 fully saturated rings. The molecule has 0 saturated carbocycles. The molecule has 0 radical (unpaired) electrons. The van der Waals surface area contributed by atoms with Gasteiger partial charge in [-0.1, -0.05) is 12.6 Å². The Labute approximate surface area is 68.6 Å². The molecule has 1 aliphatic rings. The Kier molecular flexibility index (Phi) is 3.96. The van der Waals surface area contributed by atoms with Crippen molar-refractivity contribution in [2.75, 3.05) is 6.79 Å². The van der Waals surface area contributed by atoms with Gasteiger partial charge in [0, 0.05) is 0 Å². The highest BCUT2D eigenvalue weighted by molar-refractivity contribution is 6.24. The third-order valence-electron chi connectivity index (χ3n) is 1.19. The lowest BCUT2D eigenvalue weighted by Crippen LogP contribution is -2.15. The van der Waals surface area contributed by atoms with Gasteiger partial charge in [0.25, 0.3) is 0 Å². The van der Waals surface area contributed by atoms with E-state index in [1.165, 1.54) is 0 Å². The molecule has 1 heterocycles. The Morgan fingerprint density at radius 1 is 1.55 bits per heavy atom. The van der Waals surface area contributed by atoms with Crippen LogP contribution in [0.15, 0.2) is 24.5 Å². The molecule has 1 rings (SSSR count). The fraction of sp³-hybridized carbons (Fsp3) is 0.429. The van der Waals surface area contributed by atoms with E-state index in [1.807, 2.05) is 18.2 Å². The quantitative estimate of drug-likeness (QED) is 0.352. The molecule has 0 aromatic heterocycles. The van der Waals surface area contributed by atoms with Gasteiger partial charge in [0.1, 0.15) is 6.79 Å². The second-order valence-electron chi connectivity index (χ2n) is 2.00. The second-order valence-corrected chi connectivity index (χ2v) is 2.98. The lowest BCUT2D eigenvalue weighted by atomic mass is 10.4. The standard InChI is InChI=1S/C7H12O3Si/c1-11-10-6-9-7-4-2-3-5-8-7/h2-5,7H,6,11H2,1H3. The largest absolute Gasteiger partial charge is 0.469 e. The van der Waals surface area contributed by atoms with Gasteiger partial charge < -0.3 is 13.9 Å². The van der Waals surface area contributed by atoms with Crippen LogP contribution < -0.4 is 0 Å². The van der Waals surface area contributed by atoms with Gasteiger partial charge >= 0.3 is 0 Å². The third kappa shape index (κ3) is 3.36. The van der Waals surface area contributed by atoms with Gasteiger partial charge in [-0.2, -0.15) is 0 Å². The second kappa shape index (κ2) is 5.12. The van der Waals surface area contributed by atoms with Crippen molar-refractivity contribution < 1.29 is 13.9 Å². The molecular weight excluding hydrogens is 160 g/mol. The van der Waals surface area contributed by atoms with Crippen LogP contribution in [0.2, 0.25) is 6.55 Å². The zero-order chi connectivity index (χ0) is 7.94. The number of allylic oxidation sites excluding steroid dienone is 2. The van der Waals surface area contributed by atoms with E-state index in [0.717, 1.165) is 0 Å². The summed E-state index contributed by atoms with van der Waals surface area (Å²) < 4.78 is 15.4. The van der Waals surface area contributed by atoms with Gasteiger partial charge in [0.15, 0.2) is 9.76 Å². The molecule has 0 amide bonds. The van der Waals surface area contributed by atoms with Crippen molar-refractivity contribution >= 4 is 9.76 Å². The summed E-state index contributed by atoms with van der Waals surface area (Å²) in [5.41, 5.74) is 0. The highest BCUT2D eigenvalue weighted by Crippen LogP contribution is 2.03. The average Bonchev–Trinajstić information content (AvgIpc) is 2.07. The maximum atomic E-state index is 5.18. The first-order valence-electron chi connectivity index (χ1n) is 3.61. The highest BCUT2D eigenvalue weighted by atomic mass is 28.2. The smallest absolute Gasteiger partial charge is 0.221 e. The molecular formula is C7H12O3Si. The third-order valence-corrected chi connectivity index (χ3v) is 1.77. The lowest BCUT2D eigenvalue weighted by molar-refractivity contribution is -0.120. The van der Waals surface area contributed by atoms with Crippen molar-refractivity contribution in [2.24, 2.45) is 0 Å². The molecule has 0 spiro atoms. The van der Waals surface area contributed by atoms with Crippen LogP contribution in [0.3, 0.4) is 0 Å². The monoisotopic (exact) mass is 172 g/mol. The van der Waals surface area contributed by atoms with E-state index in [0.29, 0.717) is 6.79 Å². The molecule has 11 heavy (non-hydrogen) atoms. The molecule has 0 aromatic carbocycles. The fourth-order valence-corrected chi connectivity index (χ4v) is 0.925. The molecule has 1 unspecified atom stereocenters. The summed E-state index contributed by atoms with van der Waals surface area (Å²) in [6.07, 6.45) is 6.88. The van der Waals surface area contributed by atoms with Crippen molar-refractivity contribution in [1.82, 2.24) is 0 Å². The molecule has 0 aliphatic carbocycles. The van der Waals surface area contributed by atoms with E-state index in [-0.39, 0.29) is 16.1 Å². The molecule has 0 saturated heterocycles. The summed E-state index contributed by atoms with van der Waals surface area (Å²) in [7, 11) is -0.355. The zero-order valence-electron chi connectivity index (χ0n) is 6.53. The summed E-state index contributed by atoms with van der Waals surface area (Å²) in [6, 6.07) is 0. The van der Waals surface area contributed by atoms with Crippen molar-refractivity contribution in [1.29, 1.82) is 0 Å². The van der Waals surface area contributed by atoms with Gasteiger partial charge in [-0.3, -0.25) is 0 Å². The maximum absolute atomic E-state index is 5.18. The summed E-state index contributed by atoms with van der Waals surface area (Å²) in [6.45, 7) is 2.40. The van der Waals surface area contributed by atoms with Gasteiger partial charge in [-0.05, 0) is 12.2 Å². The summed E-state index contributed by atoms with van der Waals surface area (Å²) in [5, 5.41) is 0. The van der Waals surface area contributed by atoms with Crippen LogP contribution >= 0.6 is 0 Å². The molecule has 1 atom stereocenters. The van der Waals surface area contributed by atoms with Gasteiger partial charge in [-0.15, -0.1) is 0 Å². The minimum absolute atomic E-state index is 0.263. The highest BCUT2D eigenvalue weighted by Gasteiger charge is 2.03. The number of ether oxygens (including phenoxy) is 2. The first-order chi connectivity index (χ1) is 5.43. The van der Waals surface area contributed by atoms with Crippen molar-refractivity contribution in [2.45, 2.75) is 12.8 Å². The Balaban J connectivity index is 2.07. The van der Waals surface area contributed by atoms with E-state index in [2.05, 4.69) is 6.55 Å². The normalized spacial score (nSPS) is 22.8. The van der Waals surface area contributed by atoms with Crippen LogP contribution in [0.25, 0.3) is 0 Å². The van der Waals surface area contributed by atoms with Crippen LogP contribution in [0, 0.1) is 0 Å². The lowest BCUT2D eigenvalue weighted by Gasteiger charge is -2.14. The summed E-state index contributed by atoms with van der Waals surface area (Å²) in [4.78, 5) is 0. The molecule has 0 N–H and O–H groups in total. The first kappa shape index (κ1) is 8.51. The van der Waals surface area contributed by atoms with E-state index in [4.69, 9.17) is 13.9 Å². The zero-order valence-corrected chi connectivity index (χ0v) is 7.94. The molecule has 1 aliphatic heterocycles. The number of rotatable bonds is 4. The van der Waals surface area contributed by atoms with Crippen LogP contribution in [-0.4, -0.2) is 22.8 Å². The predicted octanol–water partition coefficient (Wildman–Crippen LogP) is 0.535. The molecule has 4 heteroatoms. The van der Waals surface area contributed by atoms with Crippen molar-refractivity contribution in [3.8, 4) is 0 Å². The van der Waals surface area contributed by atoms with Crippen LogP contribution in [0.4, 0.5) is 0 Å². The minimum Gasteiger partial charge on any atom is -0.469 e. The van der Waals surface area contributed by atoms with E-state index < -0.39 is 0 Å². The Morgan fingerprint density at radius 2 is 2.45 bits per heavy atom. The van der Waals surface area contributed by atoms with E-state index in [9.17, 15) is 0 Å². The maximum Gasteiger partial charge on any atom is 0.221 e. The summed E-state index contributed by atoms with van der Waals surface area (Å²) in [5.74, 6) is 0. The SMILES string of the molecule is C[SiH2]OCOC1C=CC=CO1. The average molecular weight is 172 g/mol. The molecule has 0 aromatic rings. The van der Waals surface area contributed by atoms with Gasteiger partial charge in [0.05, 0.1) is 6.26 Å². The first-order valence-corrected chi connectivity index (χ1v) is 5.61. The minimum atomic E-state index is -0.355. The van der Waals surface area contributed by atoms with Crippen LogP contribution in [0.5, 0.6) is 0 Å². The fourth-order valence-electron chi connectivity index (χ4n) is 0.662. The molecule has 3 nitrogen and oxygen atoms in total. The van der Waals surface area contributed by atoms with Crippen molar-refractivity contribution in [3.05, 3.63) is 24.5 Å². The van der Waals surface area contributed by atoms with E-state index in [1.54, 1.807) is 6.26 Å². The van der Waals surface area contributed by atoms with Crippen molar-refractivity contribution in [3.63, 3.8) is 0 Å². The number of hydrogen-bond acceptors (Lipinski definition) is 3. The predicted molar refractivity (Wildman–Crippen MR) is 44.6 cm³/mol. The Bertz CT molecular complexity index is 156. The van der Waals surface area contributed by atoms with E-state index >= 15 is 0 Å². The van der Waals surface area contributed by atoms with Crippen LogP contribution in [-0.2, 0) is 13.9 Å². The van der Waals surface area contributed by atoms with Crippen LogP contribution in [0.1, 0.15) is 0 Å². The number of hydrogen-bond donors (Lipinski definition) is 0. The van der Waals surface area contributed by atoms with Gasteiger partial charge in [-0.25, -0.2) is 0 Å².